The molecule has 1 heteroatoms. The number of hydrogen-bond acceptors (Lipinski definition) is 1. The maximum Gasteiger partial charge on any atom is 0.00695 e. The highest BCUT2D eigenvalue weighted by Crippen LogP contribution is 2.44. The third-order valence-corrected chi connectivity index (χ3v) is 8.31. The van der Waals surface area contributed by atoms with Gasteiger partial charge >= 0.3 is 0 Å². The van der Waals surface area contributed by atoms with Crippen LogP contribution in [0.25, 0.3) is 65.7 Å². The zero-order valence-corrected chi connectivity index (χ0v) is 24.0. The normalized spacial score (nSPS) is 11.0. The first kappa shape index (κ1) is 25.9. The second-order valence-electron chi connectivity index (χ2n) is 9.71. The van der Waals surface area contributed by atoms with E-state index >= 15 is 0 Å². The van der Waals surface area contributed by atoms with E-state index in [4.69, 9.17) is 0 Å². The Kier molecular flexibility index (Phi) is 7.40. The third-order valence-electron chi connectivity index (χ3n) is 7.57. The van der Waals surface area contributed by atoms with E-state index in [1.54, 1.807) is 11.8 Å². The Morgan fingerprint density at radius 3 is 1.30 bits per heavy atom. The minimum absolute atomic E-state index is 1.24. The Hall–Kier alpha value is -4.33. The SMILES string of the molecule is CC.CSc1ccc(-c2ccc(-c3c4ccccc4c(-c4ccc5ccccc5c4)c4ccccc34)cc2)cc1. The Morgan fingerprint density at radius 2 is 0.775 bits per heavy atom. The molecule has 0 saturated heterocycles. The Balaban J connectivity index is 0.00000142. The van der Waals surface area contributed by atoms with Gasteiger partial charge in [0.05, 0.1) is 0 Å². The van der Waals surface area contributed by atoms with Crippen molar-refractivity contribution >= 4 is 44.1 Å². The van der Waals surface area contributed by atoms with E-state index in [-0.39, 0.29) is 0 Å². The largest absolute Gasteiger partial charge is 0.130 e. The summed E-state index contributed by atoms with van der Waals surface area (Å²) in [4.78, 5) is 1.29. The van der Waals surface area contributed by atoms with E-state index in [0.29, 0.717) is 0 Å². The molecule has 0 aliphatic rings. The molecule has 0 aromatic heterocycles. The van der Waals surface area contributed by atoms with Gasteiger partial charge in [-0.15, -0.1) is 11.8 Å². The van der Waals surface area contributed by atoms with Crippen molar-refractivity contribution in [1.29, 1.82) is 0 Å². The monoisotopic (exact) mass is 532 g/mol. The number of benzene rings is 7. The van der Waals surface area contributed by atoms with Crippen molar-refractivity contribution in [2.45, 2.75) is 18.7 Å². The first-order chi connectivity index (χ1) is 19.8. The molecule has 7 aromatic carbocycles. The van der Waals surface area contributed by atoms with Crippen molar-refractivity contribution in [3.05, 3.63) is 140 Å². The van der Waals surface area contributed by atoms with Crippen molar-refractivity contribution < 1.29 is 0 Å². The molecular weight excluding hydrogens is 500 g/mol. The first-order valence-corrected chi connectivity index (χ1v) is 15.2. The molecule has 0 aliphatic carbocycles. The highest BCUT2D eigenvalue weighted by atomic mass is 32.2. The standard InChI is InChI=1S/C37H26S.C2H6/c1-38-31-22-20-27(21-23-31)26-14-17-28(18-15-26)36-32-10-4-6-12-34(32)37(35-13-7-5-11-33(35)36)30-19-16-25-8-2-3-9-29(25)24-30;1-2/h2-24H,1H3;1-2H3. The highest BCUT2D eigenvalue weighted by Gasteiger charge is 2.16. The molecule has 0 unspecified atom stereocenters. The van der Waals surface area contributed by atoms with Crippen molar-refractivity contribution in [3.63, 3.8) is 0 Å². The van der Waals surface area contributed by atoms with Crippen LogP contribution in [0.2, 0.25) is 0 Å². The quantitative estimate of drug-likeness (QED) is 0.160. The van der Waals surface area contributed by atoms with Gasteiger partial charge in [0, 0.05) is 4.90 Å². The molecule has 0 nitrogen and oxygen atoms in total. The van der Waals surface area contributed by atoms with Gasteiger partial charge in [-0.2, -0.15) is 0 Å². The zero-order valence-electron chi connectivity index (χ0n) is 23.2. The molecular formula is C39H32S. The molecule has 0 aliphatic heterocycles. The molecule has 0 atom stereocenters. The second-order valence-corrected chi connectivity index (χ2v) is 10.6. The van der Waals surface area contributed by atoms with E-state index in [2.05, 4.69) is 146 Å². The fourth-order valence-corrected chi connectivity index (χ4v) is 6.12. The summed E-state index contributed by atoms with van der Waals surface area (Å²) in [5.74, 6) is 0. The molecule has 40 heavy (non-hydrogen) atoms. The van der Waals surface area contributed by atoms with Crippen LogP contribution in [-0.4, -0.2) is 6.26 Å². The van der Waals surface area contributed by atoms with Gasteiger partial charge in [-0.25, -0.2) is 0 Å². The maximum atomic E-state index is 2.33. The van der Waals surface area contributed by atoms with Crippen LogP contribution in [0, 0.1) is 0 Å². The fourth-order valence-electron chi connectivity index (χ4n) is 5.71. The molecule has 0 saturated carbocycles. The lowest BCUT2D eigenvalue weighted by Gasteiger charge is -2.18. The summed E-state index contributed by atoms with van der Waals surface area (Å²) in [6.07, 6.45) is 2.11. The lowest BCUT2D eigenvalue weighted by atomic mass is 9.85. The minimum atomic E-state index is 1.24. The molecule has 0 bridgehead atoms. The van der Waals surface area contributed by atoms with Gasteiger partial charge in [0.1, 0.15) is 0 Å². The fraction of sp³-hybridized carbons (Fsp3) is 0.0769. The molecule has 7 rings (SSSR count). The van der Waals surface area contributed by atoms with Crippen LogP contribution in [0.3, 0.4) is 0 Å². The van der Waals surface area contributed by atoms with Crippen LogP contribution in [0.4, 0.5) is 0 Å². The van der Waals surface area contributed by atoms with Crippen LogP contribution in [-0.2, 0) is 0 Å². The lowest BCUT2D eigenvalue weighted by Crippen LogP contribution is -1.91. The lowest BCUT2D eigenvalue weighted by molar-refractivity contribution is 1.46. The van der Waals surface area contributed by atoms with Gasteiger partial charge in [-0.05, 0) is 90.2 Å². The molecule has 0 N–H and O–H groups in total. The van der Waals surface area contributed by atoms with Gasteiger partial charge in [0.25, 0.3) is 0 Å². The van der Waals surface area contributed by atoms with Gasteiger partial charge in [-0.3, -0.25) is 0 Å². The molecule has 7 aromatic rings. The number of fused-ring (bicyclic) bond motifs is 3. The topological polar surface area (TPSA) is 0 Å². The van der Waals surface area contributed by atoms with Crippen molar-refractivity contribution in [2.75, 3.05) is 6.26 Å². The molecule has 0 spiro atoms. The highest BCUT2D eigenvalue weighted by molar-refractivity contribution is 7.98. The summed E-state index contributed by atoms with van der Waals surface area (Å²) in [5, 5.41) is 7.67. The van der Waals surface area contributed by atoms with Crippen LogP contribution in [0.5, 0.6) is 0 Å². The van der Waals surface area contributed by atoms with Crippen LogP contribution >= 0.6 is 11.8 Å². The average Bonchev–Trinajstić information content (AvgIpc) is 3.04. The van der Waals surface area contributed by atoms with Crippen molar-refractivity contribution in [1.82, 2.24) is 0 Å². The summed E-state index contributed by atoms with van der Waals surface area (Å²) in [6, 6.07) is 51.1. The average molecular weight is 533 g/mol. The number of hydrogen-bond donors (Lipinski definition) is 0. The maximum absolute atomic E-state index is 2.33. The van der Waals surface area contributed by atoms with Crippen LogP contribution in [0.1, 0.15) is 13.8 Å². The predicted molar refractivity (Wildman–Crippen MR) is 178 cm³/mol. The Labute approximate surface area is 241 Å². The van der Waals surface area contributed by atoms with E-state index in [9.17, 15) is 0 Å². The summed E-state index contributed by atoms with van der Waals surface area (Å²) in [6.45, 7) is 4.00. The van der Waals surface area contributed by atoms with Gasteiger partial charge in [0.15, 0.2) is 0 Å². The van der Waals surface area contributed by atoms with Gasteiger partial charge in [-0.1, -0.05) is 135 Å². The van der Waals surface area contributed by atoms with E-state index in [0.717, 1.165) is 0 Å². The number of thioether (sulfide) groups is 1. The zero-order chi connectivity index (χ0) is 27.5. The molecule has 0 fully saturated rings. The smallest absolute Gasteiger partial charge is 0.00695 e. The van der Waals surface area contributed by atoms with Gasteiger partial charge < -0.3 is 0 Å². The summed E-state index contributed by atoms with van der Waals surface area (Å²) >= 11 is 1.77. The summed E-state index contributed by atoms with van der Waals surface area (Å²) in [7, 11) is 0. The van der Waals surface area contributed by atoms with E-state index in [1.165, 1.54) is 70.6 Å². The van der Waals surface area contributed by atoms with E-state index < -0.39 is 0 Å². The van der Waals surface area contributed by atoms with Crippen LogP contribution in [0.15, 0.2) is 144 Å². The molecule has 0 amide bonds. The van der Waals surface area contributed by atoms with Crippen molar-refractivity contribution in [3.8, 4) is 33.4 Å². The Morgan fingerprint density at radius 1 is 0.375 bits per heavy atom. The van der Waals surface area contributed by atoms with Gasteiger partial charge in [0.2, 0.25) is 0 Å². The third kappa shape index (κ3) is 4.68. The number of rotatable bonds is 4. The summed E-state index contributed by atoms with van der Waals surface area (Å²) in [5.41, 5.74) is 7.58. The molecule has 194 valence electrons. The van der Waals surface area contributed by atoms with E-state index in [1.807, 2.05) is 13.8 Å². The minimum Gasteiger partial charge on any atom is -0.130 e. The van der Waals surface area contributed by atoms with Crippen LogP contribution < -0.4 is 0 Å². The summed E-state index contributed by atoms with van der Waals surface area (Å²) < 4.78 is 0. The Bertz CT molecular complexity index is 1870. The second kappa shape index (κ2) is 11.4. The molecule has 0 heterocycles. The molecule has 0 radical (unpaired) electrons. The first-order valence-electron chi connectivity index (χ1n) is 14.0. The van der Waals surface area contributed by atoms with Crippen molar-refractivity contribution in [2.24, 2.45) is 0 Å². The predicted octanol–water partition coefficient (Wildman–Crippen LogP) is 11.9.